The number of fused-ring (bicyclic) bond motifs is 1. The Kier molecular flexibility index (Phi) is 13.5. The van der Waals surface area contributed by atoms with Crippen LogP contribution in [0.2, 0.25) is 0 Å². The van der Waals surface area contributed by atoms with E-state index in [0.29, 0.717) is 24.5 Å². The summed E-state index contributed by atoms with van der Waals surface area (Å²) in [5.41, 5.74) is 2.37. The quantitative estimate of drug-likeness (QED) is 0.328. The third-order valence-electron chi connectivity index (χ3n) is 8.09. The maximum atomic E-state index is 13.8. The maximum absolute atomic E-state index is 13.8. The molecule has 0 aromatic heterocycles. The molecular formula is C36H52N4O6. The standard InChI is InChI=1S/C36H52N4O6/c1-22(2)17-27-21-46-31-12-10-9-11-28(31)34(42)39-29(20-33(41)38-30(18-23(3)4)36(44)40(27)8)35(43)37-15-16-45-32-19-26(24(5)6)14-13-25(32)7/h9-14,19,22-24,27,29-30H,15-18,20-21H2,1-8H3,(H,37,43)(H,38,41)(H,39,42)/t27-,29+,30-/m1/s1. The monoisotopic (exact) mass is 636 g/mol. The van der Waals surface area contributed by atoms with E-state index in [1.807, 2.05) is 32.9 Å². The van der Waals surface area contributed by atoms with E-state index in [4.69, 9.17) is 9.47 Å². The van der Waals surface area contributed by atoms with Crippen molar-refractivity contribution in [1.29, 1.82) is 0 Å². The van der Waals surface area contributed by atoms with Crippen LogP contribution in [0.25, 0.3) is 0 Å². The fourth-order valence-corrected chi connectivity index (χ4v) is 5.44. The summed E-state index contributed by atoms with van der Waals surface area (Å²) in [6.07, 6.45) is 0.747. The normalized spacial score (nSPS) is 19.7. The van der Waals surface area contributed by atoms with Crippen LogP contribution in [0.5, 0.6) is 11.5 Å². The van der Waals surface area contributed by atoms with Crippen molar-refractivity contribution in [1.82, 2.24) is 20.9 Å². The van der Waals surface area contributed by atoms with Crippen molar-refractivity contribution >= 4 is 23.6 Å². The van der Waals surface area contributed by atoms with E-state index in [-0.39, 0.29) is 55.5 Å². The third-order valence-corrected chi connectivity index (χ3v) is 8.09. The van der Waals surface area contributed by atoms with Crippen molar-refractivity contribution in [3.63, 3.8) is 0 Å². The fourth-order valence-electron chi connectivity index (χ4n) is 5.44. The lowest BCUT2D eigenvalue weighted by atomic mass is 9.99. The summed E-state index contributed by atoms with van der Waals surface area (Å²) in [5.74, 6) is 0.0151. The van der Waals surface area contributed by atoms with Crippen LogP contribution in [-0.4, -0.2) is 73.5 Å². The third kappa shape index (κ3) is 10.5. The molecule has 2 aromatic carbocycles. The first-order chi connectivity index (χ1) is 21.8. The highest BCUT2D eigenvalue weighted by Gasteiger charge is 2.33. The Labute approximate surface area is 274 Å². The lowest BCUT2D eigenvalue weighted by Gasteiger charge is -2.33. The molecule has 1 aliphatic heterocycles. The number of hydrogen-bond donors (Lipinski definition) is 3. The molecule has 0 fully saturated rings. The van der Waals surface area contributed by atoms with Gasteiger partial charge in [-0.25, -0.2) is 0 Å². The highest BCUT2D eigenvalue weighted by molar-refractivity contribution is 6.01. The highest BCUT2D eigenvalue weighted by Crippen LogP contribution is 2.25. The van der Waals surface area contributed by atoms with E-state index < -0.39 is 29.8 Å². The van der Waals surface area contributed by atoms with Crippen LogP contribution in [-0.2, 0) is 14.4 Å². The molecule has 46 heavy (non-hydrogen) atoms. The largest absolute Gasteiger partial charge is 0.491 e. The number of hydrogen-bond acceptors (Lipinski definition) is 6. The van der Waals surface area contributed by atoms with Gasteiger partial charge in [-0.1, -0.05) is 65.8 Å². The Morgan fingerprint density at radius 3 is 2.37 bits per heavy atom. The highest BCUT2D eigenvalue weighted by atomic mass is 16.5. The number of aryl methyl sites for hydroxylation is 1. The van der Waals surface area contributed by atoms with Crippen LogP contribution < -0.4 is 25.4 Å². The lowest BCUT2D eigenvalue weighted by molar-refractivity contribution is -0.138. The van der Waals surface area contributed by atoms with E-state index in [1.54, 1.807) is 36.2 Å². The van der Waals surface area contributed by atoms with Crippen molar-refractivity contribution in [3.8, 4) is 11.5 Å². The van der Waals surface area contributed by atoms with Crippen molar-refractivity contribution in [2.75, 3.05) is 26.8 Å². The molecule has 3 rings (SSSR count). The number of benzene rings is 2. The van der Waals surface area contributed by atoms with Gasteiger partial charge in [0.15, 0.2) is 0 Å². The Bertz CT molecular complexity index is 1360. The number of nitrogens with one attached hydrogen (secondary N) is 3. The summed E-state index contributed by atoms with van der Waals surface area (Å²) in [5, 5.41) is 8.39. The minimum atomic E-state index is -1.20. The number of likely N-dealkylation sites (N-methyl/N-ethyl adjacent to an activating group) is 1. The van der Waals surface area contributed by atoms with Crippen LogP contribution in [0.3, 0.4) is 0 Å². The average molecular weight is 637 g/mol. The molecule has 3 N–H and O–H groups in total. The first-order valence-electron chi connectivity index (χ1n) is 16.4. The van der Waals surface area contributed by atoms with Gasteiger partial charge in [-0.2, -0.15) is 0 Å². The van der Waals surface area contributed by atoms with E-state index >= 15 is 0 Å². The zero-order chi connectivity index (χ0) is 34.0. The molecule has 0 spiro atoms. The molecule has 1 aliphatic rings. The Morgan fingerprint density at radius 1 is 1.00 bits per heavy atom. The molecule has 0 unspecified atom stereocenters. The van der Waals surface area contributed by atoms with E-state index in [9.17, 15) is 19.2 Å². The summed E-state index contributed by atoms with van der Waals surface area (Å²) in [6.45, 7) is 14.8. The molecule has 252 valence electrons. The molecule has 0 aliphatic carbocycles. The number of amides is 4. The van der Waals surface area contributed by atoms with Crippen molar-refractivity contribution in [2.24, 2.45) is 11.8 Å². The van der Waals surface area contributed by atoms with E-state index in [0.717, 1.165) is 16.9 Å². The average Bonchev–Trinajstić information content (AvgIpc) is 2.99. The molecule has 2 aromatic rings. The van der Waals surface area contributed by atoms with Crippen LogP contribution in [0, 0.1) is 18.8 Å². The molecule has 0 bridgehead atoms. The van der Waals surface area contributed by atoms with E-state index in [2.05, 4.69) is 49.7 Å². The van der Waals surface area contributed by atoms with Crippen LogP contribution >= 0.6 is 0 Å². The number of ether oxygens (including phenoxy) is 2. The van der Waals surface area contributed by atoms with Gasteiger partial charge in [0, 0.05) is 7.05 Å². The van der Waals surface area contributed by atoms with Gasteiger partial charge in [-0.05, 0) is 66.8 Å². The summed E-state index contributed by atoms with van der Waals surface area (Å²) in [4.78, 5) is 55.8. The molecular weight excluding hydrogens is 584 g/mol. The van der Waals surface area contributed by atoms with Gasteiger partial charge in [-0.3, -0.25) is 19.2 Å². The number of carbonyl (C=O) groups excluding carboxylic acids is 4. The second-order valence-electron chi connectivity index (χ2n) is 13.3. The van der Waals surface area contributed by atoms with E-state index in [1.165, 1.54) is 0 Å². The Balaban J connectivity index is 1.83. The summed E-state index contributed by atoms with van der Waals surface area (Å²) < 4.78 is 12.1. The molecule has 10 nitrogen and oxygen atoms in total. The molecule has 0 radical (unpaired) electrons. The molecule has 4 amide bonds. The van der Waals surface area contributed by atoms with Gasteiger partial charge in [-0.15, -0.1) is 0 Å². The van der Waals surface area contributed by atoms with Crippen LogP contribution in [0.15, 0.2) is 42.5 Å². The molecule has 0 saturated heterocycles. The van der Waals surface area contributed by atoms with Crippen molar-refractivity contribution < 1.29 is 28.7 Å². The molecule has 1 heterocycles. The zero-order valence-electron chi connectivity index (χ0n) is 28.6. The number of rotatable bonds is 10. The maximum Gasteiger partial charge on any atom is 0.255 e. The van der Waals surface area contributed by atoms with Crippen LogP contribution in [0.4, 0.5) is 0 Å². The minimum Gasteiger partial charge on any atom is -0.491 e. The van der Waals surface area contributed by atoms with Crippen molar-refractivity contribution in [2.45, 2.75) is 91.8 Å². The molecule has 0 saturated carbocycles. The van der Waals surface area contributed by atoms with Gasteiger partial charge >= 0.3 is 0 Å². The SMILES string of the molecule is Cc1ccc(C(C)C)cc1OCCNC(=O)[C@@H]1CC(=O)N[C@H](CC(C)C)C(=O)N(C)[C@H](CC(C)C)COc2ccccc2C(=O)N1. The summed E-state index contributed by atoms with van der Waals surface area (Å²) >= 11 is 0. The predicted molar refractivity (Wildman–Crippen MR) is 179 cm³/mol. The van der Waals surface area contributed by atoms with Gasteiger partial charge in [0.05, 0.1) is 24.6 Å². The number of carbonyl (C=O) groups is 4. The number of para-hydroxylation sites is 1. The topological polar surface area (TPSA) is 126 Å². The van der Waals surface area contributed by atoms with Gasteiger partial charge in [0.2, 0.25) is 17.7 Å². The van der Waals surface area contributed by atoms with Crippen molar-refractivity contribution in [3.05, 3.63) is 59.2 Å². The van der Waals surface area contributed by atoms with Gasteiger partial charge in [0.25, 0.3) is 5.91 Å². The fraction of sp³-hybridized carbons (Fsp3) is 0.556. The second-order valence-corrected chi connectivity index (χ2v) is 13.3. The molecule has 3 atom stereocenters. The minimum absolute atomic E-state index is 0.122. The summed E-state index contributed by atoms with van der Waals surface area (Å²) in [6, 6.07) is 10.6. The smallest absolute Gasteiger partial charge is 0.255 e. The first kappa shape index (κ1) is 36.4. The van der Waals surface area contributed by atoms with Gasteiger partial charge < -0.3 is 30.3 Å². The Hall–Kier alpha value is -4.08. The summed E-state index contributed by atoms with van der Waals surface area (Å²) in [7, 11) is 1.72. The zero-order valence-corrected chi connectivity index (χ0v) is 28.6. The molecule has 10 heteroatoms. The van der Waals surface area contributed by atoms with Crippen LogP contribution in [0.1, 0.15) is 88.2 Å². The van der Waals surface area contributed by atoms with Gasteiger partial charge in [0.1, 0.15) is 36.8 Å². The Morgan fingerprint density at radius 2 is 1.70 bits per heavy atom. The first-order valence-corrected chi connectivity index (χ1v) is 16.4. The predicted octanol–water partition coefficient (Wildman–Crippen LogP) is 4.60. The lowest BCUT2D eigenvalue weighted by Crippen LogP contribution is -2.55. The number of nitrogens with zero attached hydrogens (tertiary/aromatic N) is 1. The second kappa shape index (κ2) is 17.0.